The number of carbonyl (C=O) groups is 2. The number of phenols is 1. The topological polar surface area (TPSA) is 75.6 Å². The molecule has 0 aliphatic heterocycles. The minimum atomic E-state index is -0.302. The third-order valence-corrected chi connectivity index (χ3v) is 1.97. The molecule has 0 saturated heterocycles. The van der Waals surface area contributed by atoms with Gasteiger partial charge in [-0.2, -0.15) is 0 Å². The summed E-state index contributed by atoms with van der Waals surface area (Å²) in [4.78, 5) is 22.1. The molecule has 86 valence electrons. The summed E-state index contributed by atoms with van der Waals surface area (Å²) >= 11 is 0. The molecule has 0 aromatic heterocycles. The Morgan fingerprint density at radius 1 is 1.31 bits per heavy atom. The summed E-state index contributed by atoms with van der Waals surface area (Å²) in [7, 11) is 1.39. The van der Waals surface area contributed by atoms with Crippen LogP contribution in [0.1, 0.15) is 24.2 Å². The number of Topliss-reactive ketones (excluding diaryl/α,β-unsaturated/α-hetero) is 1. The van der Waals surface area contributed by atoms with Crippen molar-refractivity contribution in [3.63, 3.8) is 0 Å². The fourth-order valence-corrected chi connectivity index (χ4v) is 1.39. The highest BCUT2D eigenvalue weighted by Gasteiger charge is 2.15. The second-order valence-corrected chi connectivity index (χ2v) is 3.31. The van der Waals surface area contributed by atoms with E-state index in [0.717, 1.165) is 0 Å². The number of methoxy groups -OCH3 is 1. The van der Waals surface area contributed by atoms with Crippen molar-refractivity contribution in [2.24, 2.45) is 0 Å². The van der Waals surface area contributed by atoms with Crippen LogP contribution in [0.5, 0.6) is 11.5 Å². The highest BCUT2D eigenvalue weighted by molar-refractivity contribution is 6.01. The van der Waals surface area contributed by atoms with Gasteiger partial charge in [-0.3, -0.25) is 9.59 Å². The Bertz CT molecular complexity index is 440. The van der Waals surface area contributed by atoms with Gasteiger partial charge in [-0.05, 0) is 6.92 Å². The fourth-order valence-electron chi connectivity index (χ4n) is 1.39. The first-order valence-electron chi connectivity index (χ1n) is 4.65. The first-order valence-corrected chi connectivity index (χ1v) is 4.65. The van der Waals surface area contributed by atoms with Crippen LogP contribution in [0.25, 0.3) is 0 Å². The van der Waals surface area contributed by atoms with Gasteiger partial charge in [0.15, 0.2) is 5.78 Å². The summed E-state index contributed by atoms with van der Waals surface area (Å²) in [6.07, 6.45) is 0. The number of hydrogen-bond donors (Lipinski definition) is 2. The highest BCUT2D eigenvalue weighted by atomic mass is 16.5. The second kappa shape index (κ2) is 4.65. The molecule has 0 spiro atoms. The van der Waals surface area contributed by atoms with Crippen LogP contribution in [0.4, 0.5) is 5.69 Å². The third-order valence-electron chi connectivity index (χ3n) is 1.97. The van der Waals surface area contributed by atoms with Crippen molar-refractivity contribution in [1.82, 2.24) is 0 Å². The first-order chi connectivity index (χ1) is 7.45. The number of rotatable bonds is 3. The van der Waals surface area contributed by atoms with Gasteiger partial charge in [0, 0.05) is 24.7 Å². The van der Waals surface area contributed by atoms with E-state index in [1.54, 1.807) is 0 Å². The molecule has 0 bridgehead atoms. The van der Waals surface area contributed by atoms with E-state index in [9.17, 15) is 14.7 Å². The van der Waals surface area contributed by atoms with Crippen LogP contribution in [-0.4, -0.2) is 23.9 Å². The average molecular weight is 223 g/mol. The summed E-state index contributed by atoms with van der Waals surface area (Å²) in [5.74, 6) is -0.549. The molecule has 0 heterocycles. The Labute approximate surface area is 93.0 Å². The quantitative estimate of drug-likeness (QED) is 0.762. The van der Waals surface area contributed by atoms with Crippen molar-refractivity contribution in [2.45, 2.75) is 13.8 Å². The number of phenolic OH excluding ortho intramolecular Hbond substituents is 1. The molecule has 5 heteroatoms. The van der Waals surface area contributed by atoms with E-state index in [2.05, 4.69) is 5.32 Å². The Balaban J connectivity index is 3.26. The molecule has 2 N–H and O–H groups in total. The lowest BCUT2D eigenvalue weighted by Crippen LogP contribution is -2.07. The monoisotopic (exact) mass is 223 g/mol. The lowest BCUT2D eigenvalue weighted by atomic mass is 10.1. The minimum Gasteiger partial charge on any atom is -0.507 e. The van der Waals surface area contributed by atoms with Gasteiger partial charge in [-0.25, -0.2) is 0 Å². The number of amides is 1. The van der Waals surface area contributed by atoms with Gasteiger partial charge >= 0.3 is 0 Å². The van der Waals surface area contributed by atoms with E-state index in [-0.39, 0.29) is 28.8 Å². The van der Waals surface area contributed by atoms with E-state index in [1.807, 2.05) is 0 Å². The van der Waals surface area contributed by atoms with Crippen molar-refractivity contribution in [3.8, 4) is 11.5 Å². The van der Waals surface area contributed by atoms with Crippen molar-refractivity contribution in [1.29, 1.82) is 0 Å². The van der Waals surface area contributed by atoms with Crippen LogP contribution >= 0.6 is 0 Å². The van der Waals surface area contributed by atoms with Gasteiger partial charge in [0.2, 0.25) is 5.91 Å². The second-order valence-electron chi connectivity index (χ2n) is 3.31. The average Bonchev–Trinajstić information content (AvgIpc) is 2.14. The minimum absolute atomic E-state index is 0.108. The molecule has 0 fully saturated rings. The number of anilines is 1. The molecule has 0 atom stereocenters. The number of hydrogen-bond acceptors (Lipinski definition) is 4. The highest BCUT2D eigenvalue weighted by Crippen LogP contribution is 2.32. The number of ketones is 1. The standard InChI is InChI=1S/C11H13NO4/c1-6(13)11-9(15)4-8(12-7(2)14)5-10(11)16-3/h4-5,15H,1-3H3,(H,12,14). The van der Waals surface area contributed by atoms with Gasteiger partial charge in [0.25, 0.3) is 0 Å². The zero-order valence-electron chi connectivity index (χ0n) is 9.33. The number of aromatic hydroxyl groups is 1. The summed E-state index contributed by atoms with van der Waals surface area (Å²) in [5, 5.41) is 12.1. The molecule has 5 nitrogen and oxygen atoms in total. The largest absolute Gasteiger partial charge is 0.507 e. The molecule has 1 aromatic rings. The van der Waals surface area contributed by atoms with Crippen LogP contribution in [0.3, 0.4) is 0 Å². The number of benzene rings is 1. The Hall–Kier alpha value is -2.04. The molecule has 0 radical (unpaired) electrons. The van der Waals surface area contributed by atoms with Crippen molar-refractivity contribution in [3.05, 3.63) is 17.7 Å². The van der Waals surface area contributed by atoms with Crippen LogP contribution in [0.2, 0.25) is 0 Å². The smallest absolute Gasteiger partial charge is 0.221 e. The predicted octanol–water partition coefficient (Wildman–Crippen LogP) is 1.56. The maximum atomic E-state index is 11.3. The van der Waals surface area contributed by atoms with Crippen LogP contribution in [0, 0.1) is 0 Å². The van der Waals surface area contributed by atoms with E-state index < -0.39 is 0 Å². The molecule has 0 aliphatic carbocycles. The lowest BCUT2D eigenvalue weighted by molar-refractivity contribution is -0.114. The van der Waals surface area contributed by atoms with E-state index in [0.29, 0.717) is 5.69 Å². The molecule has 0 unspecified atom stereocenters. The zero-order chi connectivity index (χ0) is 12.3. The van der Waals surface area contributed by atoms with E-state index in [4.69, 9.17) is 4.74 Å². The number of nitrogens with one attached hydrogen (secondary N) is 1. The number of ether oxygens (including phenoxy) is 1. The van der Waals surface area contributed by atoms with Crippen LogP contribution < -0.4 is 10.1 Å². The molecule has 1 amide bonds. The predicted molar refractivity (Wildman–Crippen MR) is 59.0 cm³/mol. The maximum absolute atomic E-state index is 11.3. The van der Waals surface area contributed by atoms with Gasteiger partial charge in [-0.1, -0.05) is 0 Å². The third kappa shape index (κ3) is 2.50. The van der Waals surface area contributed by atoms with Crippen LogP contribution in [-0.2, 0) is 4.79 Å². The van der Waals surface area contributed by atoms with Crippen molar-refractivity contribution >= 4 is 17.4 Å². The van der Waals surface area contributed by atoms with E-state index in [1.165, 1.54) is 33.1 Å². The Kier molecular flexibility index (Phi) is 3.50. The van der Waals surface area contributed by atoms with Crippen molar-refractivity contribution in [2.75, 3.05) is 12.4 Å². The SMILES string of the molecule is COc1cc(NC(C)=O)cc(O)c1C(C)=O. The molecule has 1 aromatic carbocycles. The summed E-state index contributed by atoms with van der Waals surface area (Å²) in [5.41, 5.74) is 0.489. The molecule has 0 aliphatic rings. The summed E-state index contributed by atoms with van der Waals surface area (Å²) < 4.78 is 4.98. The molecule has 1 rings (SSSR count). The number of carbonyl (C=O) groups excluding carboxylic acids is 2. The molecule has 16 heavy (non-hydrogen) atoms. The van der Waals surface area contributed by atoms with Gasteiger partial charge in [0.1, 0.15) is 17.1 Å². The molecular formula is C11H13NO4. The summed E-state index contributed by atoms with van der Waals surface area (Å²) in [6, 6.07) is 2.79. The molecule has 0 saturated carbocycles. The maximum Gasteiger partial charge on any atom is 0.221 e. The molecular weight excluding hydrogens is 210 g/mol. The van der Waals surface area contributed by atoms with E-state index >= 15 is 0 Å². The Morgan fingerprint density at radius 2 is 1.94 bits per heavy atom. The fraction of sp³-hybridized carbons (Fsp3) is 0.273. The van der Waals surface area contributed by atoms with Crippen LogP contribution in [0.15, 0.2) is 12.1 Å². The lowest BCUT2D eigenvalue weighted by Gasteiger charge is -2.10. The zero-order valence-corrected chi connectivity index (χ0v) is 9.33. The van der Waals surface area contributed by atoms with Gasteiger partial charge < -0.3 is 15.2 Å². The summed E-state index contributed by atoms with van der Waals surface area (Å²) in [6.45, 7) is 2.68. The van der Waals surface area contributed by atoms with Gasteiger partial charge in [0.05, 0.1) is 7.11 Å². The van der Waals surface area contributed by atoms with Gasteiger partial charge in [-0.15, -0.1) is 0 Å². The van der Waals surface area contributed by atoms with Crippen molar-refractivity contribution < 1.29 is 19.4 Å². The first kappa shape index (κ1) is 12.0. The Morgan fingerprint density at radius 3 is 2.38 bits per heavy atom. The normalized spacial score (nSPS) is 9.69.